The van der Waals surface area contributed by atoms with Gasteiger partial charge in [-0.25, -0.2) is 0 Å². The molecule has 39 heavy (non-hydrogen) atoms. The maximum atomic E-state index is 5.83. The van der Waals surface area contributed by atoms with Crippen molar-refractivity contribution < 1.29 is 9.47 Å². The van der Waals surface area contributed by atoms with Crippen LogP contribution in [0.3, 0.4) is 0 Å². The van der Waals surface area contributed by atoms with E-state index in [1.165, 1.54) is 11.1 Å². The van der Waals surface area contributed by atoms with E-state index in [1.807, 2.05) is 73.1 Å². The summed E-state index contributed by atoms with van der Waals surface area (Å²) in [6.45, 7) is 5.45. The van der Waals surface area contributed by atoms with Gasteiger partial charge in [0.05, 0.1) is 49.1 Å². The minimum absolute atomic E-state index is 0.0945. The predicted molar refractivity (Wildman–Crippen MR) is 158 cm³/mol. The van der Waals surface area contributed by atoms with Crippen molar-refractivity contribution in [1.82, 2.24) is 9.97 Å². The summed E-state index contributed by atoms with van der Waals surface area (Å²) in [5, 5.41) is 0. The standard InChI is InChI=1S/C33H36N4O2/c1-26(28-12-6-3-7-13-28)34-22-30-16-18-32(24-36-30)38-20-10-5-11-21-39-33-19-17-31(37-25-33)23-35-27(2)29-14-8-4-9-15-29/h3-4,6-9,12-19,22-27H,5,10-11,20-21H2,1-2H3/t26-,27-/m0/s1. The van der Waals surface area contributed by atoms with E-state index in [0.29, 0.717) is 13.2 Å². The van der Waals surface area contributed by atoms with Crippen LogP contribution >= 0.6 is 0 Å². The normalized spacial score (nSPS) is 13.0. The Morgan fingerprint density at radius 1 is 0.590 bits per heavy atom. The molecule has 2 atom stereocenters. The van der Waals surface area contributed by atoms with Gasteiger partial charge in [-0.3, -0.25) is 20.0 Å². The fourth-order valence-electron chi connectivity index (χ4n) is 3.88. The number of aromatic nitrogens is 2. The molecule has 0 radical (unpaired) electrons. The summed E-state index contributed by atoms with van der Waals surface area (Å²) in [5.41, 5.74) is 4.00. The summed E-state index contributed by atoms with van der Waals surface area (Å²) in [7, 11) is 0. The van der Waals surface area contributed by atoms with Gasteiger partial charge in [0.1, 0.15) is 11.5 Å². The second kappa shape index (κ2) is 15.2. The zero-order valence-corrected chi connectivity index (χ0v) is 22.7. The molecule has 0 amide bonds. The first-order chi connectivity index (χ1) is 19.2. The lowest BCUT2D eigenvalue weighted by Gasteiger charge is -2.08. The minimum atomic E-state index is 0.0945. The molecule has 6 nitrogen and oxygen atoms in total. The van der Waals surface area contributed by atoms with Crippen LogP contribution in [0.4, 0.5) is 0 Å². The topological polar surface area (TPSA) is 69.0 Å². The molecule has 2 aromatic heterocycles. The van der Waals surface area contributed by atoms with Gasteiger partial charge in [-0.2, -0.15) is 0 Å². The molecule has 0 N–H and O–H groups in total. The summed E-state index contributed by atoms with van der Waals surface area (Å²) in [4.78, 5) is 18.1. The van der Waals surface area contributed by atoms with Crippen molar-refractivity contribution in [2.24, 2.45) is 9.98 Å². The second-order valence-electron chi connectivity index (χ2n) is 9.32. The van der Waals surface area contributed by atoms with Crippen molar-refractivity contribution >= 4 is 12.4 Å². The van der Waals surface area contributed by atoms with Crippen molar-refractivity contribution in [3.63, 3.8) is 0 Å². The van der Waals surface area contributed by atoms with E-state index in [1.54, 1.807) is 12.4 Å². The van der Waals surface area contributed by atoms with Crippen molar-refractivity contribution in [3.05, 3.63) is 120 Å². The first kappa shape index (κ1) is 27.7. The number of nitrogens with zero attached hydrogens (tertiary/aromatic N) is 4. The van der Waals surface area contributed by atoms with Crippen molar-refractivity contribution in [3.8, 4) is 11.5 Å². The van der Waals surface area contributed by atoms with Crippen LogP contribution in [0, 0.1) is 0 Å². The summed E-state index contributed by atoms with van der Waals surface area (Å²) in [6, 6.07) is 28.4. The van der Waals surface area contributed by atoms with E-state index in [2.05, 4.69) is 58.1 Å². The molecule has 4 rings (SSSR count). The smallest absolute Gasteiger partial charge is 0.137 e. The molecule has 0 aliphatic heterocycles. The molecule has 0 bridgehead atoms. The van der Waals surface area contributed by atoms with Gasteiger partial charge in [0.2, 0.25) is 0 Å². The van der Waals surface area contributed by atoms with Crippen LogP contribution in [0.5, 0.6) is 11.5 Å². The first-order valence-corrected chi connectivity index (χ1v) is 13.5. The highest BCUT2D eigenvalue weighted by Gasteiger charge is 2.03. The van der Waals surface area contributed by atoms with Crippen molar-refractivity contribution in [1.29, 1.82) is 0 Å². The second-order valence-corrected chi connectivity index (χ2v) is 9.32. The Kier molecular flexibility index (Phi) is 10.8. The molecular weight excluding hydrogens is 484 g/mol. The lowest BCUT2D eigenvalue weighted by molar-refractivity contribution is 0.278. The van der Waals surface area contributed by atoms with E-state index in [4.69, 9.17) is 9.47 Å². The highest BCUT2D eigenvalue weighted by Crippen LogP contribution is 2.17. The molecule has 6 heteroatoms. The number of unbranched alkanes of at least 4 members (excludes halogenated alkanes) is 2. The van der Waals surface area contributed by atoms with Gasteiger partial charge >= 0.3 is 0 Å². The summed E-state index contributed by atoms with van der Waals surface area (Å²) in [6.07, 6.45) is 10.0. The number of rotatable bonds is 14. The third-order valence-corrected chi connectivity index (χ3v) is 6.27. The largest absolute Gasteiger partial charge is 0.492 e. The Hall–Kier alpha value is -4.32. The Balaban J connectivity index is 1.08. The maximum absolute atomic E-state index is 5.83. The van der Waals surface area contributed by atoms with Crippen LogP contribution in [0.15, 0.2) is 107 Å². The summed E-state index contributed by atoms with van der Waals surface area (Å²) < 4.78 is 11.7. The quantitative estimate of drug-likeness (QED) is 0.128. The van der Waals surface area contributed by atoms with E-state index in [9.17, 15) is 0 Å². The number of ether oxygens (including phenoxy) is 2. The van der Waals surface area contributed by atoms with Crippen molar-refractivity contribution in [2.75, 3.05) is 13.2 Å². The van der Waals surface area contributed by atoms with Crippen LogP contribution in [-0.4, -0.2) is 35.6 Å². The Morgan fingerprint density at radius 2 is 1.03 bits per heavy atom. The molecule has 4 aromatic rings. The number of hydrogen-bond donors (Lipinski definition) is 0. The predicted octanol–water partition coefficient (Wildman–Crippen LogP) is 7.46. The Morgan fingerprint density at radius 3 is 1.41 bits per heavy atom. The van der Waals surface area contributed by atoms with Gasteiger partial charge in [-0.15, -0.1) is 0 Å². The zero-order chi connectivity index (χ0) is 27.1. The fraction of sp³-hybridized carbons (Fsp3) is 0.273. The lowest BCUT2D eigenvalue weighted by atomic mass is 10.1. The SMILES string of the molecule is C[C@H](N=Cc1ccc(OCCCCCOc2ccc(C=N[C@@H](C)c3ccccc3)nc2)cn1)c1ccccc1. The number of benzene rings is 2. The molecule has 0 fully saturated rings. The molecule has 200 valence electrons. The fourth-order valence-corrected chi connectivity index (χ4v) is 3.88. The zero-order valence-electron chi connectivity index (χ0n) is 22.7. The molecule has 0 unspecified atom stereocenters. The molecule has 0 aliphatic carbocycles. The molecular formula is C33H36N4O2. The van der Waals surface area contributed by atoms with Gasteiger partial charge in [0.25, 0.3) is 0 Å². The number of pyridine rings is 2. The van der Waals surface area contributed by atoms with Crippen LogP contribution in [0.25, 0.3) is 0 Å². The molecule has 0 saturated heterocycles. The van der Waals surface area contributed by atoms with Gasteiger partial charge in [-0.1, -0.05) is 60.7 Å². The van der Waals surface area contributed by atoms with E-state index in [0.717, 1.165) is 42.1 Å². The Bertz CT molecular complexity index is 1190. The average Bonchev–Trinajstić information content (AvgIpc) is 3.00. The van der Waals surface area contributed by atoms with Crippen LogP contribution in [0.1, 0.15) is 67.7 Å². The van der Waals surface area contributed by atoms with Crippen LogP contribution in [-0.2, 0) is 0 Å². The third-order valence-electron chi connectivity index (χ3n) is 6.27. The Labute approximate surface area is 231 Å². The maximum Gasteiger partial charge on any atom is 0.137 e. The van der Waals surface area contributed by atoms with Gasteiger partial charge in [0, 0.05) is 12.4 Å². The van der Waals surface area contributed by atoms with Gasteiger partial charge in [-0.05, 0) is 68.5 Å². The number of hydrogen-bond acceptors (Lipinski definition) is 6. The van der Waals surface area contributed by atoms with Crippen LogP contribution < -0.4 is 9.47 Å². The molecule has 2 aromatic carbocycles. The minimum Gasteiger partial charge on any atom is -0.492 e. The van der Waals surface area contributed by atoms with Crippen molar-refractivity contribution in [2.45, 2.75) is 45.2 Å². The molecule has 0 aliphatic rings. The first-order valence-electron chi connectivity index (χ1n) is 13.5. The summed E-state index contributed by atoms with van der Waals surface area (Å²) >= 11 is 0. The van der Waals surface area contributed by atoms with E-state index in [-0.39, 0.29) is 12.1 Å². The van der Waals surface area contributed by atoms with E-state index < -0.39 is 0 Å². The molecule has 0 spiro atoms. The lowest BCUT2D eigenvalue weighted by Crippen LogP contribution is -2.02. The van der Waals surface area contributed by atoms with Gasteiger partial charge in [0.15, 0.2) is 0 Å². The van der Waals surface area contributed by atoms with Gasteiger partial charge < -0.3 is 9.47 Å². The molecule has 0 saturated carbocycles. The highest BCUT2D eigenvalue weighted by molar-refractivity contribution is 5.77. The highest BCUT2D eigenvalue weighted by atomic mass is 16.5. The molecule has 2 heterocycles. The number of aliphatic imine (C=N–C) groups is 2. The monoisotopic (exact) mass is 520 g/mol. The summed E-state index contributed by atoms with van der Waals surface area (Å²) in [5.74, 6) is 1.54. The van der Waals surface area contributed by atoms with E-state index >= 15 is 0 Å². The average molecular weight is 521 g/mol. The third kappa shape index (κ3) is 9.49. The van der Waals surface area contributed by atoms with Crippen LogP contribution in [0.2, 0.25) is 0 Å².